The molecule has 2 amide bonds. The fraction of sp³-hybridized carbons (Fsp3) is 0.429. The Bertz CT molecular complexity index is 1320. The normalized spacial score (nSPS) is 21.9. The first-order chi connectivity index (χ1) is 17.4. The molecule has 2 aromatic heterocycles. The summed E-state index contributed by atoms with van der Waals surface area (Å²) in [5.74, 6) is -6.99. The number of rotatable bonds is 3. The summed E-state index contributed by atoms with van der Waals surface area (Å²) in [5.41, 5.74) is 0.684. The highest BCUT2D eigenvalue weighted by Crippen LogP contribution is 2.38. The van der Waals surface area contributed by atoms with E-state index in [1.165, 1.54) is 16.0 Å². The summed E-state index contributed by atoms with van der Waals surface area (Å²) in [7, 11) is 0. The molecular formula is C21H19F6N7O3. The number of aromatic nitrogens is 4. The Morgan fingerprint density at radius 3 is 2.51 bits per heavy atom. The summed E-state index contributed by atoms with van der Waals surface area (Å²) in [6.07, 6.45) is -4.41. The zero-order valence-corrected chi connectivity index (χ0v) is 19.0. The van der Waals surface area contributed by atoms with Crippen molar-refractivity contribution in [3.63, 3.8) is 0 Å². The molecule has 0 radical (unpaired) electrons. The topological polar surface area (TPSA) is 113 Å². The van der Waals surface area contributed by atoms with E-state index in [-0.39, 0.29) is 37.6 Å². The van der Waals surface area contributed by atoms with Gasteiger partial charge in [-0.3, -0.25) is 4.68 Å². The van der Waals surface area contributed by atoms with Crippen LogP contribution in [0, 0.1) is 17.5 Å². The van der Waals surface area contributed by atoms with Crippen molar-refractivity contribution in [2.24, 2.45) is 0 Å². The van der Waals surface area contributed by atoms with Crippen LogP contribution >= 0.6 is 0 Å². The number of benzene rings is 1. The minimum atomic E-state index is -4.79. The molecule has 3 aromatic rings. The van der Waals surface area contributed by atoms with E-state index < -0.39 is 53.7 Å². The third-order valence-corrected chi connectivity index (χ3v) is 6.33. The Hall–Kier alpha value is -3.82. The Balaban J connectivity index is 1.34. The molecule has 0 saturated carbocycles. The van der Waals surface area contributed by atoms with Crippen LogP contribution in [0.25, 0.3) is 0 Å². The zero-order chi connectivity index (χ0) is 26.6. The minimum absolute atomic E-state index is 0.0127. The number of carbonyl (C=O) groups excluding carboxylic acids is 1. The Kier molecular flexibility index (Phi) is 6.00. The lowest BCUT2D eigenvalue weighted by molar-refractivity contribution is -0.157. The molecule has 2 aliphatic heterocycles. The molecule has 5 rings (SSSR count). The van der Waals surface area contributed by atoms with Crippen LogP contribution in [0.3, 0.4) is 0 Å². The van der Waals surface area contributed by atoms with Crippen LogP contribution in [0.2, 0.25) is 0 Å². The summed E-state index contributed by atoms with van der Waals surface area (Å²) < 4.78 is 85.2. The number of alkyl halides is 3. The lowest BCUT2D eigenvalue weighted by Gasteiger charge is -2.35. The Morgan fingerprint density at radius 2 is 1.86 bits per heavy atom. The van der Waals surface area contributed by atoms with Crippen molar-refractivity contribution < 1.29 is 40.7 Å². The highest BCUT2D eigenvalue weighted by Gasteiger charge is 2.42. The van der Waals surface area contributed by atoms with Gasteiger partial charge in [0.1, 0.15) is 6.23 Å². The van der Waals surface area contributed by atoms with Gasteiger partial charge < -0.3 is 24.6 Å². The van der Waals surface area contributed by atoms with Crippen molar-refractivity contribution in [3.8, 4) is 0 Å². The lowest BCUT2D eigenvalue weighted by Crippen LogP contribution is -2.47. The van der Waals surface area contributed by atoms with Crippen LogP contribution in [0.4, 0.5) is 42.5 Å². The number of aliphatic hydroxyl groups excluding tert-OH is 1. The second-order valence-corrected chi connectivity index (χ2v) is 8.83. The molecule has 0 aliphatic carbocycles. The maximum Gasteiger partial charge on any atom is 0.470 e. The number of hydrogen-bond acceptors (Lipinski definition) is 7. The molecule has 16 heteroatoms. The molecule has 1 saturated heterocycles. The van der Waals surface area contributed by atoms with Crippen molar-refractivity contribution in [1.29, 1.82) is 0 Å². The molecule has 2 N–H and O–H groups in total. The number of hydrogen-bond donors (Lipinski definition) is 2. The van der Waals surface area contributed by atoms with Crippen LogP contribution in [-0.4, -0.2) is 54.8 Å². The number of halogens is 6. The van der Waals surface area contributed by atoms with Gasteiger partial charge >= 0.3 is 18.1 Å². The van der Waals surface area contributed by atoms with Gasteiger partial charge in [0, 0.05) is 30.8 Å². The van der Waals surface area contributed by atoms with Crippen molar-refractivity contribution in [2.75, 3.05) is 16.8 Å². The third-order valence-electron chi connectivity index (χ3n) is 6.33. The zero-order valence-electron chi connectivity index (χ0n) is 19.0. The van der Waals surface area contributed by atoms with Gasteiger partial charge in [0.05, 0.1) is 42.6 Å². The summed E-state index contributed by atoms with van der Waals surface area (Å²) >= 11 is 0. The summed E-state index contributed by atoms with van der Waals surface area (Å²) in [4.78, 5) is 15.8. The van der Waals surface area contributed by atoms with Gasteiger partial charge in [-0.2, -0.15) is 18.3 Å². The summed E-state index contributed by atoms with van der Waals surface area (Å²) in [5, 5.41) is 23.8. The molecule has 37 heavy (non-hydrogen) atoms. The van der Waals surface area contributed by atoms with E-state index >= 15 is 0 Å². The number of fused-ring (bicyclic) bond motifs is 1. The predicted octanol–water partition coefficient (Wildman–Crippen LogP) is 3.45. The van der Waals surface area contributed by atoms with Gasteiger partial charge in [0.15, 0.2) is 17.5 Å². The Labute approximate surface area is 204 Å². The number of nitrogens with zero attached hydrogens (tertiary/aromatic N) is 6. The van der Waals surface area contributed by atoms with E-state index in [4.69, 9.17) is 4.42 Å². The number of amides is 2. The smallest absolute Gasteiger partial charge is 0.417 e. The SMILES string of the molecule is C[C@H]1Cn2ncc(N3CC(c4nnc(C(F)(F)F)o4)C[C@H]3O)c2CN1C(=O)Nc1cc(F)c(F)c(F)c1. The van der Waals surface area contributed by atoms with Crippen molar-refractivity contribution in [3.05, 3.63) is 53.3 Å². The monoisotopic (exact) mass is 531 g/mol. The highest BCUT2D eigenvalue weighted by atomic mass is 19.4. The van der Waals surface area contributed by atoms with E-state index in [2.05, 4.69) is 20.6 Å². The van der Waals surface area contributed by atoms with E-state index in [1.54, 1.807) is 11.6 Å². The molecule has 0 spiro atoms. The van der Waals surface area contributed by atoms with Crippen molar-refractivity contribution in [1.82, 2.24) is 24.9 Å². The average molecular weight is 531 g/mol. The predicted molar refractivity (Wildman–Crippen MR) is 113 cm³/mol. The second-order valence-electron chi connectivity index (χ2n) is 8.83. The standard InChI is InChI=1S/C21H19F6N7O3/c1-9-6-34-15(8-32(9)20(36)29-11-3-12(22)17(24)13(23)4-11)14(5-28-34)33-7-10(2-16(33)35)18-30-31-19(37-18)21(25,26)27/h3-5,9-10,16,35H,2,6-8H2,1H3,(H,29,36)/t9-,10?,16+/m0/s1. The largest absolute Gasteiger partial charge is 0.470 e. The van der Waals surface area contributed by atoms with Gasteiger partial charge in [-0.05, 0) is 6.92 Å². The van der Waals surface area contributed by atoms with E-state index in [0.717, 1.165) is 0 Å². The van der Waals surface area contributed by atoms with E-state index in [1.807, 2.05) is 0 Å². The van der Waals surface area contributed by atoms with E-state index in [0.29, 0.717) is 23.5 Å². The maximum absolute atomic E-state index is 13.5. The molecule has 1 aromatic carbocycles. The van der Waals surface area contributed by atoms with Crippen molar-refractivity contribution in [2.45, 2.75) is 50.8 Å². The van der Waals surface area contributed by atoms with E-state index in [9.17, 15) is 36.2 Å². The molecule has 1 fully saturated rings. The van der Waals surface area contributed by atoms with Gasteiger partial charge in [0.2, 0.25) is 5.89 Å². The molecule has 3 atom stereocenters. The van der Waals surface area contributed by atoms with Crippen LogP contribution < -0.4 is 10.2 Å². The quantitative estimate of drug-likeness (QED) is 0.393. The van der Waals surface area contributed by atoms with Gasteiger partial charge in [-0.25, -0.2) is 18.0 Å². The van der Waals surface area contributed by atoms with Gasteiger partial charge in [-0.15, -0.1) is 10.2 Å². The summed E-state index contributed by atoms with van der Waals surface area (Å²) in [6.45, 7) is 2.02. The molecule has 2 aliphatic rings. The molecule has 198 valence electrons. The van der Waals surface area contributed by atoms with Crippen LogP contribution in [0.5, 0.6) is 0 Å². The first-order valence-corrected chi connectivity index (χ1v) is 11.0. The fourth-order valence-electron chi connectivity index (χ4n) is 4.49. The third kappa shape index (κ3) is 4.56. The second kappa shape index (κ2) is 8.93. The first kappa shape index (κ1) is 24.9. The molecule has 10 nitrogen and oxygen atoms in total. The lowest BCUT2D eigenvalue weighted by atomic mass is 10.1. The molecule has 0 bridgehead atoms. The number of urea groups is 1. The maximum atomic E-state index is 13.5. The van der Waals surface area contributed by atoms with Crippen LogP contribution in [0.1, 0.15) is 36.7 Å². The molecule has 1 unspecified atom stereocenters. The van der Waals surface area contributed by atoms with Crippen LogP contribution in [0.15, 0.2) is 22.7 Å². The molecule has 4 heterocycles. The molecular weight excluding hydrogens is 512 g/mol. The number of aliphatic hydroxyl groups is 1. The Morgan fingerprint density at radius 1 is 1.16 bits per heavy atom. The van der Waals surface area contributed by atoms with Crippen LogP contribution in [-0.2, 0) is 19.3 Å². The van der Waals surface area contributed by atoms with Gasteiger partial charge in [-0.1, -0.05) is 0 Å². The minimum Gasteiger partial charge on any atom is -0.417 e. The summed E-state index contributed by atoms with van der Waals surface area (Å²) in [6, 6.07) is 0.207. The number of carbonyl (C=O) groups is 1. The highest BCUT2D eigenvalue weighted by molar-refractivity contribution is 5.89. The van der Waals surface area contributed by atoms with Crippen molar-refractivity contribution >= 4 is 17.4 Å². The average Bonchev–Trinajstić information content (AvgIpc) is 3.54. The fourth-order valence-corrected chi connectivity index (χ4v) is 4.49. The first-order valence-electron chi connectivity index (χ1n) is 11.0. The number of anilines is 2. The number of nitrogens with one attached hydrogen (secondary N) is 1. The van der Waals surface area contributed by atoms with Gasteiger partial charge in [0.25, 0.3) is 0 Å².